The second kappa shape index (κ2) is 5.86. The van der Waals surface area contributed by atoms with Crippen molar-refractivity contribution in [2.24, 2.45) is 5.92 Å². The first-order chi connectivity index (χ1) is 12.6. The van der Waals surface area contributed by atoms with E-state index in [1.165, 1.54) is 0 Å². The van der Waals surface area contributed by atoms with Crippen LogP contribution in [0, 0.1) is 5.92 Å². The predicted octanol–water partition coefficient (Wildman–Crippen LogP) is 0.192. The van der Waals surface area contributed by atoms with Gasteiger partial charge in [-0.3, -0.25) is 0 Å². The zero-order valence-corrected chi connectivity index (χ0v) is 15.2. The van der Waals surface area contributed by atoms with Crippen LogP contribution >= 0.6 is 0 Å². The first kappa shape index (κ1) is 16.4. The molecule has 0 amide bonds. The molecule has 10 heteroatoms. The lowest BCUT2D eigenvalue weighted by Gasteiger charge is -2.50. The summed E-state index contributed by atoms with van der Waals surface area (Å²) in [6, 6.07) is 3.85. The van der Waals surface area contributed by atoms with Crippen LogP contribution in [-0.2, 0) is 14.8 Å². The molecule has 26 heavy (non-hydrogen) atoms. The van der Waals surface area contributed by atoms with E-state index in [4.69, 9.17) is 4.74 Å². The minimum Gasteiger partial charge on any atom is -0.371 e. The Morgan fingerprint density at radius 3 is 2.92 bits per heavy atom. The van der Waals surface area contributed by atoms with E-state index < -0.39 is 10.0 Å². The van der Waals surface area contributed by atoms with Gasteiger partial charge in [-0.25, -0.2) is 13.1 Å². The van der Waals surface area contributed by atoms with Crippen LogP contribution in [-0.4, -0.2) is 65.3 Å². The number of anilines is 1. The van der Waals surface area contributed by atoms with Crippen molar-refractivity contribution in [3.8, 4) is 0 Å². The smallest absolute Gasteiger partial charge is 0.214 e. The first-order valence-corrected chi connectivity index (χ1v) is 10.6. The lowest BCUT2D eigenvalue weighted by atomic mass is 9.79. The van der Waals surface area contributed by atoms with Crippen LogP contribution in [0.15, 0.2) is 18.5 Å². The van der Waals surface area contributed by atoms with Crippen LogP contribution in [0.1, 0.15) is 25.7 Å². The topological polar surface area (TPSA) is 102 Å². The Labute approximate surface area is 151 Å². The van der Waals surface area contributed by atoms with Crippen molar-refractivity contribution < 1.29 is 13.2 Å². The number of hydrogen-bond donors (Lipinski definition) is 1. The molecule has 2 aromatic heterocycles. The molecule has 0 unspecified atom stereocenters. The molecule has 140 valence electrons. The summed E-state index contributed by atoms with van der Waals surface area (Å²) in [5.41, 5.74) is 0.552. The van der Waals surface area contributed by atoms with Gasteiger partial charge in [0.15, 0.2) is 5.65 Å². The maximum absolute atomic E-state index is 12.0. The Kier molecular flexibility index (Phi) is 3.70. The van der Waals surface area contributed by atoms with Gasteiger partial charge in [-0.2, -0.15) is 4.52 Å². The maximum Gasteiger partial charge on any atom is 0.214 e. The van der Waals surface area contributed by atoms with E-state index in [1.54, 1.807) is 10.8 Å². The largest absolute Gasteiger partial charge is 0.371 e. The number of rotatable bonds is 6. The molecule has 3 aliphatic rings. The van der Waals surface area contributed by atoms with Gasteiger partial charge in [-0.15, -0.1) is 15.3 Å². The third-order valence-electron chi connectivity index (χ3n) is 5.75. The molecule has 0 radical (unpaired) electrons. The van der Waals surface area contributed by atoms with Crippen molar-refractivity contribution in [3.05, 3.63) is 18.5 Å². The van der Waals surface area contributed by atoms with E-state index in [9.17, 15) is 8.42 Å². The quantitative estimate of drug-likeness (QED) is 0.766. The molecule has 1 atom stereocenters. The summed E-state index contributed by atoms with van der Waals surface area (Å²) < 4.78 is 34.4. The van der Waals surface area contributed by atoms with E-state index in [0.29, 0.717) is 12.5 Å². The van der Waals surface area contributed by atoms with Gasteiger partial charge >= 0.3 is 0 Å². The summed E-state index contributed by atoms with van der Waals surface area (Å²) in [6.07, 6.45) is 4.99. The van der Waals surface area contributed by atoms with Crippen molar-refractivity contribution in [3.63, 3.8) is 0 Å². The number of sulfonamides is 1. The van der Waals surface area contributed by atoms with Crippen LogP contribution in [0.3, 0.4) is 0 Å². The molecule has 1 N–H and O–H groups in total. The molecule has 3 fully saturated rings. The second-order valence-electron chi connectivity index (χ2n) is 7.51. The Balaban J connectivity index is 1.21. The highest BCUT2D eigenvalue weighted by Gasteiger charge is 2.53. The van der Waals surface area contributed by atoms with Gasteiger partial charge in [-0.05, 0) is 43.7 Å². The van der Waals surface area contributed by atoms with Crippen LogP contribution in [0.25, 0.3) is 5.65 Å². The molecule has 1 spiro atoms. The predicted molar refractivity (Wildman–Crippen MR) is 94.3 cm³/mol. The first-order valence-electron chi connectivity index (χ1n) is 9.10. The zero-order valence-electron chi connectivity index (χ0n) is 14.4. The fourth-order valence-electron chi connectivity index (χ4n) is 4.06. The van der Waals surface area contributed by atoms with E-state index >= 15 is 0 Å². The van der Waals surface area contributed by atoms with E-state index in [2.05, 4.69) is 24.9 Å². The number of fused-ring (bicyclic) bond motifs is 1. The standard InChI is InChI=1S/C16H22N6O3S/c23-26(24,13-1-2-13)18-7-5-12-6-8-25-16(12)9-21(10-16)15-4-3-14-19-17-11-22(14)20-15/h3-4,11-13,18H,1-2,5-10H2/t12-/m1/s1. The summed E-state index contributed by atoms with van der Waals surface area (Å²) in [5.74, 6) is 1.26. The van der Waals surface area contributed by atoms with Crippen molar-refractivity contribution >= 4 is 21.5 Å². The van der Waals surface area contributed by atoms with Crippen LogP contribution < -0.4 is 9.62 Å². The average Bonchev–Trinajstić information content (AvgIpc) is 3.22. The summed E-state index contributed by atoms with van der Waals surface area (Å²) in [5, 5.41) is 12.2. The third kappa shape index (κ3) is 2.76. The highest BCUT2D eigenvalue weighted by molar-refractivity contribution is 7.90. The fraction of sp³-hybridized carbons (Fsp3) is 0.688. The maximum atomic E-state index is 12.0. The van der Waals surface area contributed by atoms with Gasteiger partial charge in [0.05, 0.1) is 18.3 Å². The van der Waals surface area contributed by atoms with Gasteiger partial charge in [0.1, 0.15) is 17.7 Å². The number of nitrogens with zero attached hydrogens (tertiary/aromatic N) is 5. The number of ether oxygens (including phenoxy) is 1. The molecule has 2 saturated heterocycles. The molecular weight excluding hydrogens is 356 g/mol. The normalized spacial score (nSPS) is 25.1. The van der Waals surface area contributed by atoms with Crippen LogP contribution in [0.5, 0.6) is 0 Å². The van der Waals surface area contributed by atoms with Gasteiger partial charge in [0, 0.05) is 13.2 Å². The highest BCUT2D eigenvalue weighted by atomic mass is 32.2. The fourth-order valence-corrected chi connectivity index (χ4v) is 5.46. The van der Waals surface area contributed by atoms with Crippen molar-refractivity contribution in [1.29, 1.82) is 0 Å². The summed E-state index contributed by atoms with van der Waals surface area (Å²) in [6.45, 7) is 2.81. The molecule has 4 heterocycles. The molecular formula is C16H22N6O3S. The lowest BCUT2D eigenvalue weighted by molar-refractivity contribution is -0.0454. The van der Waals surface area contributed by atoms with Crippen molar-refractivity contribution in [2.75, 3.05) is 31.1 Å². The number of hydrogen-bond acceptors (Lipinski definition) is 7. The summed E-state index contributed by atoms with van der Waals surface area (Å²) in [7, 11) is -3.10. The van der Waals surface area contributed by atoms with Gasteiger partial charge in [-0.1, -0.05) is 0 Å². The zero-order chi connectivity index (χ0) is 17.8. The molecule has 1 saturated carbocycles. The summed E-state index contributed by atoms with van der Waals surface area (Å²) >= 11 is 0. The van der Waals surface area contributed by atoms with Gasteiger partial charge < -0.3 is 9.64 Å². The molecule has 1 aliphatic carbocycles. The Hall–Kier alpha value is -1.78. The van der Waals surface area contributed by atoms with Gasteiger partial charge in [0.2, 0.25) is 10.0 Å². The minimum absolute atomic E-state index is 0.158. The van der Waals surface area contributed by atoms with E-state index in [1.807, 2.05) is 12.1 Å². The Morgan fingerprint density at radius 2 is 2.12 bits per heavy atom. The summed E-state index contributed by atoms with van der Waals surface area (Å²) in [4.78, 5) is 2.19. The molecule has 0 bridgehead atoms. The third-order valence-corrected chi connectivity index (χ3v) is 7.70. The highest BCUT2D eigenvalue weighted by Crippen LogP contribution is 2.42. The molecule has 9 nitrogen and oxygen atoms in total. The molecule has 2 aromatic rings. The van der Waals surface area contributed by atoms with Crippen molar-refractivity contribution in [2.45, 2.75) is 36.5 Å². The lowest BCUT2D eigenvalue weighted by Crippen LogP contribution is -2.65. The molecule has 2 aliphatic heterocycles. The Bertz CT molecular complexity index is 919. The molecule has 0 aromatic carbocycles. The Morgan fingerprint density at radius 1 is 1.27 bits per heavy atom. The SMILES string of the molecule is O=S(=O)(NCC[C@@H]1CCOC12CN(c1ccc3nncn3n1)C2)C1CC1. The molecule has 5 rings (SSSR count). The number of nitrogens with one attached hydrogen (secondary N) is 1. The second-order valence-corrected chi connectivity index (χ2v) is 9.55. The minimum atomic E-state index is -3.10. The number of aromatic nitrogens is 4. The van der Waals surface area contributed by atoms with Crippen LogP contribution in [0.2, 0.25) is 0 Å². The van der Waals surface area contributed by atoms with E-state index in [0.717, 1.165) is 56.8 Å². The van der Waals surface area contributed by atoms with Gasteiger partial charge in [0.25, 0.3) is 0 Å². The average molecular weight is 378 g/mol. The van der Waals surface area contributed by atoms with E-state index in [-0.39, 0.29) is 10.9 Å². The monoisotopic (exact) mass is 378 g/mol. The van der Waals surface area contributed by atoms with Crippen LogP contribution in [0.4, 0.5) is 5.82 Å². The van der Waals surface area contributed by atoms with Crippen molar-refractivity contribution in [1.82, 2.24) is 24.5 Å².